The Morgan fingerprint density at radius 2 is 1.72 bits per heavy atom. The molecule has 8 nitrogen and oxygen atoms in total. The third kappa shape index (κ3) is 3.78. The molecule has 0 saturated heterocycles. The zero-order chi connectivity index (χ0) is 21.3. The van der Waals surface area contributed by atoms with Crippen molar-refractivity contribution in [3.8, 4) is 0 Å². The molecular weight excluding hydrogens is 378 g/mol. The number of nitrogens with zero attached hydrogens (tertiary/aromatic N) is 1. The molecule has 0 spiro atoms. The molecule has 2 aromatic heterocycles. The number of esters is 2. The van der Waals surface area contributed by atoms with Crippen molar-refractivity contribution in [3.63, 3.8) is 0 Å². The Hall–Kier alpha value is -3.42. The molecule has 0 aliphatic carbocycles. The van der Waals surface area contributed by atoms with Gasteiger partial charge in [-0.2, -0.15) is 0 Å². The van der Waals surface area contributed by atoms with Gasteiger partial charge in [-0.05, 0) is 18.9 Å². The van der Waals surface area contributed by atoms with E-state index in [-0.39, 0.29) is 40.3 Å². The number of hydrogen-bond acceptors (Lipinski definition) is 7. The molecule has 0 N–H and O–H groups in total. The van der Waals surface area contributed by atoms with Gasteiger partial charge < -0.3 is 18.5 Å². The summed E-state index contributed by atoms with van der Waals surface area (Å²) in [4.78, 5) is 49.4. The Kier molecular flexibility index (Phi) is 5.54. The maximum absolute atomic E-state index is 12.6. The van der Waals surface area contributed by atoms with E-state index in [1.54, 1.807) is 11.5 Å². The van der Waals surface area contributed by atoms with E-state index in [2.05, 4.69) is 0 Å². The number of methoxy groups -OCH3 is 1. The number of benzene rings is 1. The van der Waals surface area contributed by atoms with Crippen LogP contribution >= 0.6 is 0 Å². The van der Waals surface area contributed by atoms with Gasteiger partial charge in [0.15, 0.2) is 10.9 Å². The summed E-state index contributed by atoms with van der Waals surface area (Å²) in [6, 6.07) is 5.16. The lowest BCUT2D eigenvalue weighted by atomic mass is 10.1. The van der Waals surface area contributed by atoms with Gasteiger partial charge in [-0.15, -0.1) is 0 Å². The average molecular weight is 399 g/mol. The minimum atomic E-state index is -0.755. The van der Waals surface area contributed by atoms with Crippen LogP contribution in [0.1, 0.15) is 41.8 Å². The van der Waals surface area contributed by atoms with E-state index < -0.39 is 22.8 Å². The summed E-state index contributed by atoms with van der Waals surface area (Å²) in [7, 11) is 1.24. The van der Waals surface area contributed by atoms with Gasteiger partial charge in [0.1, 0.15) is 11.3 Å². The highest BCUT2D eigenvalue weighted by Gasteiger charge is 2.20. The molecule has 0 radical (unpaired) electrons. The topological polar surface area (TPSA) is 105 Å². The molecule has 2 heterocycles. The third-order valence-electron chi connectivity index (χ3n) is 4.38. The van der Waals surface area contributed by atoms with Crippen LogP contribution in [0.2, 0.25) is 0 Å². The van der Waals surface area contributed by atoms with E-state index >= 15 is 0 Å². The Morgan fingerprint density at radius 1 is 1.03 bits per heavy atom. The molecule has 0 saturated carbocycles. The van der Waals surface area contributed by atoms with E-state index in [9.17, 15) is 19.2 Å². The van der Waals surface area contributed by atoms with Gasteiger partial charge in [-0.1, -0.05) is 13.8 Å². The fourth-order valence-corrected chi connectivity index (χ4v) is 3.16. The van der Waals surface area contributed by atoms with Crippen LogP contribution in [0.25, 0.3) is 21.9 Å². The van der Waals surface area contributed by atoms with E-state index in [4.69, 9.17) is 13.9 Å². The van der Waals surface area contributed by atoms with E-state index in [1.165, 1.54) is 25.3 Å². The first-order valence-corrected chi connectivity index (χ1v) is 9.17. The summed E-state index contributed by atoms with van der Waals surface area (Å²) in [5, 5.41) is 0.423. The quantitative estimate of drug-likeness (QED) is 0.480. The van der Waals surface area contributed by atoms with Crippen LogP contribution in [-0.4, -0.2) is 30.2 Å². The van der Waals surface area contributed by atoms with Crippen LogP contribution in [0.3, 0.4) is 0 Å². The summed E-state index contributed by atoms with van der Waals surface area (Å²) < 4.78 is 16.9. The summed E-state index contributed by atoms with van der Waals surface area (Å²) >= 11 is 0. The highest BCUT2D eigenvalue weighted by atomic mass is 16.5. The highest BCUT2D eigenvalue weighted by Crippen LogP contribution is 2.23. The zero-order valence-corrected chi connectivity index (χ0v) is 16.6. The number of carbonyl (C=O) groups is 2. The first kappa shape index (κ1) is 20.3. The van der Waals surface area contributed by atoms with Crippen molar-refractivity contribution in [2.45, 2.75) is 27.3 Å². The van der Waals surface area contributed by atoms with Crippen molar-refractivity contribution in [2.75, 3.05) is 13.7 Å². The summed E-state index contributed by atoms with van der Waals surface area (Å²) in [5.74, 6) is -1.48. The monoisotopic (exact) mass is 399 g/mol. The third-order valence-corrected chi connectivity index (χ3v) is 4.38. The average Bonchev–Trinajstić information content (AvgIpc) is 2.68. The second kappa shape index (κ2) is 7.90. The van der Waals surface area contributed by atoms with Crippen molar-refractivity contribution >= 4 is 33.8 Å². The number of pyridine rings is 1. The van der Waals surface area contributed by atoms with Crippen LogP contribution < -0.4 is 10.9 Å². The van der Waals surface area contributed by atoms with Crippen molar-refractivity contribution in [3.05, 3.63) is 56.2 Å². The largest absolute Gasteiger partial charge is 0.464 e. The Balaban J connectivity index is 2.40. The zero-order valence-electron chi connectivity index (χ0n) is 16.6. The lowest BCUT2D eigenvalue weighted by Crippen LogP contribution is -2.21. The fourth-order valence-electron chi connectivity index (χ4n) is 3.16. The molecule has 3 rings (SSSR count). The molecule has 0 fully saturated rings. The predicted octanol–water partition coefficient (Wildman–Crippen LogP) is 2.73. The molecule has 0 amide bonds. The van der Waals surface area contributed by atoms with Gasteiger partial charge >= 0.3 is 11.9 Å². The maximum Gasteiger partial charge on any atom is 0.374 e. The van der Waals surface area contributed by atoms with Gasteiger partial charge in [0.05, 0.1) is 24.6 Å². The molecule has 0 aliphatic heterocycles. The van der Waals surface area contributed by atoms with Crippen LogP contribution in [-0.2, 0) is 16.0 Å². The van der Waals surface area contributed by atoms with Gasteiger partial charge in [-0.25, -0.2) is 9.59 Å². The predicted molar refractivity (Wildman–Crippen MR) is 106 cm³/mol. The second-order valence-corrected chi connectivity index (χ2v) is 6.95. The molecule has 8 heteroatoms. The number of aromatic nitrogens is 1. The first-order chi connectivity index (χ1) is 13.8. The standard InChI is InChI=1S/C21H21NO7/c1-5-28-21(26)19-9-17(24)13-6-12-14(8-18(13)29-19)22(10-11(2)3)15(7-16(12)23)20(25)27-4/h6-9,11H,5,10H2,1-4H3. The SMILES string of the molecule is CCOC(=O)c1cc(=O)c2cc3c(=O)cc(C(=O)OC)n(CC(C)C)c3cc2o1. The number of hydrogen-bond donors (Lipinski definition) is 0. The Morgan fingerprint density at radius 3 is 2.34 bits per heavy atom. The number of rotatable bonds is 5. The molecule has 0 bridgehead atoms. The second-order valence-electron chi connectivity index (χ2n) is 6.95. The van der Waals surface area contributed by atoms with Crippen LogP contribution in [0, 0.1) is 5.92 Å². The smallest absolute Gasteiger partial charge is 0.374 e. The molecule has 0 atom stereocenters. The lowest BCUT2D eigenvalue weighted by Gasteiger charge is -2.17. The molecule has 29 heavy (non-hydrogen) atoms. The van der Waals surface area contributed by atoms with Crippen molar-refractivity contribution in [1.29, 1.82) is 0 Å². The van der Waals surface area contributed by atoms with E-state index in [0.717, 1.165) is 6.07 Å². The normalized spacial score (nSPS) is 11.2. The van der Waals surface area contributed by atoms with Gasteiger partial charge in [0.2, 0.25) is 5.76 Å². The van der Waals surface area contributed by atoms with E-state index in [1.807, 2.05) is 13.8 Å². The van der Waals surface area contributed by atoms with Crippen molar-refractivity contribution in [1.82, 2.24) is 4.57 Å². The summed E-state index contributed by atoms with van der Waals surface area (Å²) in [5.41, 5.74) is -0.267. The molecule has 152 valence electrons. The van der Waals surface area contributed by atoms with E-state index in [0.29, 0.717) is 12.1 Å². The molecule has 0 unspecified atom stereocenters. The number of fused-ring (bicyclic) bond motifs is 2. The van der Waals surface area contributed by atoms with Crippen LogP contribution in [0.4, 0.5) is 0 Å². The number of carbonyl (C=O) groups excluding carboxylic acids is 2. The van der Waals surface area contributed by atoms with Gasteiger partial charge in [0, 0.05) is 30.1 Å². The van der Waals surface area contributed by atoms with Crippen LogP contribution in [0.5, 0.6) is 0 Å². The fraction of sp³-hybridized carbons (Fsp3) is 0.333. The Bertz CT molecular complexity index is 1230. The lowest BCUT2D eigenvalue weighted by molar-refractivity contribution is 0.0490. The minimum Gasteiger partial charge on any atom is -0.464 e. The Labute approximate surface area is 165 Å². The van der Waals surface area contributed by atoms with Gasteiger partial charge in [0.25, 0.3) is 0 Å². The molecule has 3 aromatic rings. The van der Waals surface area contributed by atoms with Crippen molar-refractivity contribution in [2.24, 2.45) is 5.92 Å². The summed E-state index contributed by atoms with van der Waals surface area (Å²) in [6.45, 7) is 6.13. The molecular formula is C21H21NO7. The molecule has 0 aliphatic rings. The number of ether oxygens (including phenoxy) is 2. The van der Waals surface area contributed by atoms with Crippen molar-refractivity contribution < 1.29 is 23.5 Å². The van der Waals surface area contributed by atoms with Gasteiger partial charge in [-0.3, -0.25) is 9.59 Å². The summed E-state index contributed by atoms with van der Waals surface area (Å²) in [6.07, 6.45) is 0. The minimum absolute atomic E-state index is 0.0990. The molecule has 1 aromatic carbocycles. The highest BCUT2D eigenvalue weighted by molar-refractivity contribution is 5.98. The van der Waals surface area contributed by atoms with Crippen LogP contribution in [0.15, 0.2) is 38.3 Å². The first-order valence-electron chi connectivity index (χ1n) is 9.17. The maximum atomic E-state index is 12.6.